The third-order valence-electron chi connectivity index (χ3n) is 2.52. The first-order chi connectivity index (χ1) is 7.49. The van der Waals surface area contributed by atoms with Crippen LogP contribution in [0.2, 0.25) is 0 Å². The SMILES string of the molecule is C=Ic1c(F)c(F)c(F)c2oc(C)c(C)c12. The molecule has 0 N–H and O–H groups in total. The Labute approximate surface area is 100.0 Å². The van der Waals surface area contributed by atoms with Crippen LogP contribution in [0.5, 0.6) is 0 Å². The van der Waals surface area contributed by atoms with Gasteiger partial charge in [-0.15, -0.1) is 0 Å². The molecule has 0 saturated carbocycles. The van der Waals surface area contributed by atoms with Gasteiger partial charge in [-0.3, -0.25) is 0 Å². The highest BCUT2D eigenvalue weighted by Gasteiger charge is 2.24. The molecule has 0 atom stereocenters. The summed E-state index contributed by atoms with van der Waals surface area (Å²) >= 11 is -0.939. The van der Waals surface area contributed by atoms with Crippen LogP contribution in [0.3, 0.4) is 0 Å². The minimum atomic E-state index is -1.47. The molecule has 0 radical (unpaired) electrons. The molecule has 0 unspecified atom stereocenters. The van der Waals surface area contributed by atoms with Crippen molar-refractivity contribution in [2.45, 2.75) is 13.8 Å². The van der Waals surface area contributed by atoms with Gasteiger partial charge in [0.2, 0.25) is 5.82 Å². The van der Waals surface area contributed by atoms with Gasteiger partial charge in [0.1, 0.15) is 5.76 Å². The zero-order valence-corrected chi connectivity index (χ0v) is 10.8. The predicted octanol–water partition coefficient (Wildman–Crippen LogP) is 4.04. The first kappa shape index (κ1) is 11.6. The highest BCUT2D eigenvalue weighted by Crippen LogP contribution is 2.35. The van der Waals surface area contributed by atoms with E-state index in [2.05, 4.69) is 4.51 Å². The number of rotatable bonds is 1. The minimum Gasteiger partial charge on any atom is -0.458 e. The van der Waals surface area contributed by atoms with E-state index < -0.39 is 38.2 Å². The van der Waals surface area contributed by atoms with Crippen molar-refractivity contribution in [3.63, 3.8) is 0 Å². The van der Waals surface area contributed by atoms with Crippen molar-refractivity contribution in [2.75, 3.05) is 0 Å². The lowest BCUT2D eigenvalue weighted by Crippen LogP contribution is -1.96. The molecule has 0 aliphatic rings. The van der Waals surface area contributed by atoms with E-state index in [9.17, 15) is 13.2 Å². The van der Waals surface area contributed by atoms with Crippen LogP contribution in [0.15, 0.2) is 4.42 Å². The van der Waals surface area contributed by atoms with Crippen LogP contribution in [0.1, 0.15) is 11.3 Å². The molecular formula is C11H8F3IO. The number of hydrogen-bond donors (Lipinski definition) is 0. The van der Waals surface area contributed by atoms with Crippen LogP contribution < -0.4 is 0 Å². The second-order valence-electron chi connectivity index (χ2n) is 3.38. The van der Waals surface area contributed by atoms with Gasteiger partial charge in [0.05, 0.1) is 3.57 Å². The largest absolute Gasteiger partial charge is 0.458 e. The van der Waals surface area contributed by atoms with Crippen molar-refractivity contribution < 1.29 is 17.6 Å². The van der Waals surface area contributed by atoms with Gasteiger partial charge in [-0.1, -0.05) is 25.2 Å². The van der Waals surface area contributed by atoms with Crippen LogP contribution in [0.4, 0.5) is 13.2 Å². The molecular weight excluding hydrogens is 332 g/mol. The van der Waals surface area contributed by atoms with Crippen LogP contribution in [-0.4, -0.2) is 4.51 Å². The van der Waals surface area contributed by atoms with Crippen molar-refractivity contribution in [1.29, 1.82) is 0 Å². The van der Waals surface area contributed by atoms with Gasteiger partial charge in [0.25, 0.3) is 0 Å². The standard InChI is InChI=1S/C11H8F3IO/c1-4-5(2)16-11-6(4)10(15-3)8(13)7(12)9(11)14/h3H2,1-2H3. The van der Waals surface area contributed by atoms with Crippen LogP contribution in [-0.2, 0) is 0 Å². The second-order valence-corrected chi connectivity index (χ2v) is 5.22. The molecule has 2 rings (SSSR count). The van der Waals surface area contributed by atoms with Gasteiger partial charge in [0, 0.05) is 5.39 Å². The van der Waals surface area contributed by atoms with Crippen molar-refractivity contribution in [3.05, 3.63) is 32.3 Å². The lowest BCUT2D eigenvalue weighted by molar-refractivity contribution is 0.437. The summed E-state index contributed by atoms with van der Waals surface area (Å²) in [6.45, 7) is 3.33. The Bertz CT molecular complexity index is 601. The number of benzene rings is 1. The summed E-state index contributed by atoms with van der Waals surface area (Å²) in [7, 11) is 0. The molecule has 1 aromatic carbocycles. The lowest BCUT2D eigenvalue weighted by atomic mass is 10.1. The first-order valence-corrected chi connectivity index (χ1v) is 7.04. The first-order valence-electron chi connectivity index (χ1n) is 4.43. The van der Waals surface area contributed by atoms with E-state index in [1.54, 1.807) is 13.8 Å². The Morgan fingerprint density at radius 1 is 1.06 bits per heavy atom. The number of fused-ring (bicyclic) bond motifs is 1. The van der Waals surface area contributed by atoms with E-state index in [1.807, 2.05) is 0 Å². The maximum atomic E-state index is 13.5. The summed E-state index contributed by atoms with van der Waals surface area (Å²) in [5.74, 6) is -3.39. The molecule has 0 saturated heterocycles. The summed E-state index contributed by atoms with van der Waals surface area (Å²) in [4.78, 5) is 0. The minimum absolute atomic E-state index is 0.169. The van der Waals surface area contributed by atoms with Crippen molar-refractivity contribution in [2.24, 2.45) is 0 Å². The highest BCUT2D eigenvalue weighted by molar-refractivity contribution is 14.2. The van der Waals surface area contributed by atoms with Gasteiger partial charge in [-0.25, -0.2) is 8.78 Å². The smallest absolute Gasteiger partial charge is 0.205 e. The number of aryl methyl sites for hydroxylation is 2. The van der Waals surface area contributed by atoms with Gasteiger partial charge in [-0.05, 0) is 19.4 Å². The zero-order chi connectivity index (χ0) is 12.0. The molecule has 1 heterocycles. The van der Waals surface area contributed by atoms with Crippen LogP contribution in [0, 0.1) is 34.9 Å². The summed E-state index contributed by atoms with van der Waals surface area (Å²) in [6, 6.07) is 0. The number of hydrogen-bond acceptors (Lipinski definition) is 1. The van der Waals surface area contributed by atoms with Gasteiger partial charge in [-0.2, -0.15) is 4.39 Å². The number of furan rings is 1. The lowest BCUT2D eigenvalue weighted by Gasteiger charge is -2.02. The van der Waals surface area contributed by atoms with E-state index in [4.69, 9.17) is 4.42 Å². The molecule has 2 aromatic rings. The van der Waals surface area contributed by atoms with E-state index in [0.29, 0.717) is 16.7 Å². The molecule has 0 aliphatic carbocycles. The van der Waals surface area contributed by atoms with E-state index in [0.717, 1.165) is 0 Å². The summed E-state index contributed by atoms with van der Waals surface area (Å²) in [6.07, 6.45) is 0. The molecule has 0 amide bonds. The van der Waals surface area contributed by atoms with E-state index in [1.165, 1.54) is 0 Å². The van der Waals surface area contributed by atoms with E-state index in [-0.39, 0.29) is 9.15 Å². The Hall–Kier alpha value is -0.850. The van der Waals surface area contributed by atoms with Crippen molar-refractivity contribution >= 4 is 36.2 Å². The van der Waals surface area contributed by atoms with E-state index >= 15 is 0 Å². The van der Waals surface area contributed by atoms with Crippen LogP contribution in [0.25, 0.3) is 11.0 Å². The average Bonchev–Trinajstić information content (AvgIpc) is 2.55. The number of halogens is 4. The maximum absolute atomic E-state index is 13.5. The van der Waals surface area contributed by atoms with Crippen LogP contribution >= 0.6 is 20.7 Å². The molecule has 16 heavy (non-hydrogen) atoms. The summed E-state index contributed by atoms with van der Waals surface area (Å²) < 4.78 is 49.1. The van der Waals surface area contributed by atoms with Gasteiger partial charge < -0.3 is 4.42 Å². The third-order valence-corrected chi connectivity index (χ3v) is 4.29. The third kappa shape index (κ3) is 1.41. The molecule has 0 fully saturated rings. The Balaban J connectivity index is 3.10. The molecule has 0 spiro atoms. The molecule has 1 aromatic heterocycles. The quantitative estimate of drug-likeness (QED) is 0.434. The highest BCUT2D eigenvalue weighted by atomic mass is 127. The van der Waals surface area contributed by atoms with Crippen molar-refractivity contribution in [3.8, 4) is 0 Å². The van der Waals surface area contributed by atoms with Gasteiger partial charge in [0.15, 0.2) is 17.2 Å². The molecule has 1 nitrogen and oxygen atoms in total. The second kappa shape index (κ2) is 3.87. The normalized spacial score (nSPS) is 11.3. The fraction of sp³-hybridized carbons (Fsp3) is 0.182. The Kier molecular flexibility index (Phi) is 2.81. The Morgan fingerprint density at radius 2 is 1.69 bits per heavy atom. The molecule has 5 heteroatoms. The summed E-state index contributed by atoms with van der Waals surface area (Å²) in [5, 5.41) is 0.344. The Morgan fingerprint density at radius 3 is 2.25 bits per heavy atom. The molecule has 86 valence electrons. The zero-order valence-electron chi connectivity index (χ0n) is 8.63. The fourth-order valence-electron chi connectivity index (χ4n) is 1.57. The van der Waals surface area contributed by atoms with Crippen molar-refractivity contribution in [1.82, 2.24) is 0 Å². The fourth-order valence-corrected chi connectivity index (χ4v) is 3.18. The molecule has 0 aliphatic heterocycles. The summed E-state index contributed by atoms with van der Waals surface area (Å²) in [5.41, 5.74) is 0.443. The topological polar surface area (TPSA) is 13.1 Å². The predicted molar refractivity (Wildman–Crippen MR) is 65.4 cm³/mol. The maximum Gasteiger partial charge on any atom is 0.205 e. The average molecular weight is 340 g/mol. The van der Waals surface area contributed by atoms with Gasteiger partial charge >= 0.3 is 0 Å². The molecule has 0 bridgehead atoms. The monoisotopic (exact) mass is 340 g/mol.